The summed E-state index contributed by atoms with van der Waals surface area (Å²) < 4.78 is 178. The minimum atomic E-state index is -5.10. The van der Waals surface area contributed by atoms with Crippen LogP contribution in [0.3, 0.4) is 0 Å². The van der Waals surface area contributed by atoms with Crippen molar-refractivity contribution in [2.45, 2.75) is 31.9 Å². The lowest BCUT2D eigenvalue weighted by Crippen LogP contribution is -2.30. The van der Waals surface area contributed by atoms with Gasteiger partial charge in [0.1, 0.15) is 46.2 Å². The predicted octanol–water partition coefficient (Wildman–Crippen LogP) is 10.1. The number of benzene rings is 4. The van der Waals surface area contributed by atoms with Gasteiger partial charge < -0.3 is 18.9 Å². The topological polar surface area (TPSA) is 36.9 Å². The summed E-state index contributed by atoms with van der Waals surface area (Å²) in [5.74, 6) is -11.2. The van der Waals surface area contributed by atoms with Gasteiger partial charge in [-0.05, 0) is 47.9 Å². The van der Waals surface area contributed by atoms with E-state index in [0.29, 0.717) is 31.4 Å². The zero-order valence-electron chi connectivity index (χ0n) is 25.3. The van der Waals surface area contributed by atoms with Gasteiger partial charge in [0.15, 0.2) is 6.29 Å². The lowest BCUT2D eigenvalue weighted by molar-refractivity contribution is -0.212. The van der Waals surface area contributed by atoms with Gasteiger partial charge in [0.25, 0.3) is 0 Å². The Morgan fingerprint density at radius 1 is 0.694 bits per heavy atom. The van der Waals surface area contributed by atoms with E-state index in [-0.39, 0.29) is 54.5 Å². The van der Waals surface area contributed by atoms with Crippen LogP contribution in [0.5, 0.6) is 5.75 Å². The van der Waals surface area contributed by atoms with Gasteiger partial charge in [0.2, 0.25) is 0 Å². The number of hydrogen-bond donors (Lipinski definition) is 0. The Balaban J connectivity index is 1.33. The summed E-state index contributed by atoms with van der Waals surface area (Å²) in [6.45, 7) is 3.50. The largest absolute Gasteiger partial charge is 0.432 e. The minimum Gasteiger partial charge on any atom is -0.429 e. The van der Waals surface area contributed by atoms with E-state index in [2.05, 4.69) is 4.74 Å². The standard InChI is InChI=1S/C34H25F11O4/c1-2-7-46-14-17-15-47-32(48-16-17)19-3-5-22(24(35)9-19)20-10-28(39)31(29(40)11-20)34(44,45)49-21-12-26(37)30(27(38)13-21)18-4-6-23(25(36)8-18)33(41,42)43/h3-6,8-13,17,32H,2,7,14-16H2,1H3. The predicted molar refractivity (Wildman–Crippen MR) is 152 cm³/mol. The van der Waals surface area contributed by atoms with Crippen LogP contribution in [0.15, 0.2) is 60.7 Å². The molecule has 0 amide bonds. The van der Waals surface area contributed by atoms with Crippen molar-refractivity contribution >= 4 is 0 Å². The highest BCUT2D eigenvalue weighted by Crippen LogP contribution is 2.40. The van der Waals surface area contributed by atoms with E-state index < -0.39 is 87.0 Å². The van der Waals surface area contributed by atoms with Crippen LogP contribution in [0.4, 0.5) is 48.3 Å². The molecule has 262 valence electrons. The fraction of sp³-hybridized carbons (Fsp3) is 0.294. The molecular weight excluding hydrogens is 681 g/mol. The van der Waals surface area contributed by atoms with Gasteiger partial charge in [-0.3, -0.25) is 0 Å². The maximum Gasteiger partial charge on any atom is 0.432 e. The highest BCUT2D eigenvalue weighted by Gasteiger charge is 2.42. The molecule has 0 N–H and O–H groups in total. The van der Waals surface area contributed by atoms with E-state index in [1.54, 1.807) is 0 Å². The molecule has 4 aromatic carbocycles. The van der Waals surface area contributed by atoms with Crippen LogP contribution >= 0.6 is 0 Å². The number of ether oxygens (including phenoxy) is 4. The van der Waals surface area contributed by atoms with Crippen molar-refractivity contribution in [2.75, 3.05) is 26.4 Å². The molecule has 1 heterocycles. The third-order valence-electron chi connectivity index (χ3n) is 7.40. The lowest BCUT2D eigenvalue weighted by atomic mass is 10.00. The first-order valence-corrected chi connectivity index (χ1v) is 14.6. The summed E-state index contributed by atoms with van der Waals surface area (Å²) in [7, 11) is 0. The molecule has 5 rings (SSSR count). The number of hydrogen-bond acceptors (Lipinski definition) is 4. The summed E-state index contributed by atoms with van der Waals surface area (Å²) >= 11 is 0. The van der Waals surface area contributed by atoms with E-state index in [4.69, 9.17) is 14.2 Å². The van der Waals surface area contributed by atoms with Crippen molar-refractivity contribution in [2.24, 2.45) is 5.92 Å². The van der Waals surface area contributed by atoms with Crippen LogP contribution in [-0.2, 0) is 26.5 Å². The Bertz CT molecular complexity index is 1770. The molecule has 0 saturated carbocycles. The summed E-state index contributed by atoms with van der Waals surface area (Å²) in [6, 6.07) is 5.65. The second-order valence-corrected chi connectivity index (χ2v) is 11.1. The Morgan fingerprint density at radius 2 is 1.31 bits per heavy atom. The van der Waals surface area contributed by atoms with Crippen molar-refractivity contribution < 1.29 is 67.2 Å². The maximum absolute atomic E-state index is 15.1. The zero-order chi connectivity index (χ0) is 35.7. The number of halogens is 11. The van der Waals surface area contributed by atoms with E-state index in [0.717, 1.165) is 18.6 Å². The molecule has 0 unspecified atom stereocenters. The van der Waals surface area contributed by atoms with Crippen LogP contribution in [0.2, 0.25) is 0 Å². The molecule has 4 nitrogen and oxygen atoms in total. The van der Waals surface area contributed by atoms with Gasteiger partial charge in [-0.1, -0.05) is 25.1 Å². The molecule has 0 bridgehead atoms. The van der Waals surface area contributed by atoms with Crippen molar-refractivity contribution in [3.05, 3.63) is 112 Å². The highest BCUT2D eigenvalue weighted by molar-refractivity contribution is 5.67. The second kappa shape index (κ2) is 14.3. The third kappa shape index (κ3) is 8.00. The number of rotatable bonds is 10. The molecule has 4 aromatic rings. The Labute approximate surface area is 272 Å². The molecule has 1 saturated heterocycles. The first-order valence-electron chi connectivity index (χ1n) is 14.6. The zero-order valence-corrected chi connectivity index (χ0v) is 25.3. The Hall–Kier alpha value is -4.21. The molecule has 49 heavy (non-hydrogen) atoms. The number of alkyl halides is 5. The monoisotopic (exact) mass is 706 g/mol. The summed E-state index contributed by atoms with van der Waals surface area (Å²) in [4.78, 5) is 0. The van der Waals surface area contributed by atoms with Crippen molar-refractivity contribution in [3.8, 4) is 28.0 Å². The molecule has 0 atom stereocenters. The van der Waals surface area contributed by atoms with Gasteiger partial charge in [-0.25, -0.2) is 26.3 Å². The fourth-order valence-electron chi connectivity index (χ4n) is 5.13. The average Bonchev–Trinajstić information content (AvgIpc) is 3.00. The normalized spacial score (nSPS) is 17.0. The van der Waals surface area contributed by atoms with Gasteiger partial charge >= 0.3 is 12.3 Å². The third-order valence-corrected chi connectivity index (χ3v) is 7.40. The quantitative estimate of drug-likeness (QED) is 0.122. The summed E-state index contributed by atoms with van der Waals surface area (Å²) in [5.41, 5.74) is -6.05. The fourth-order valence-corrected chi connectivity index (χ4v) is 5.13. The first-order chi connectivity index (χ1) is 23.1. The molecule has 1 aliphatic rings. The van der Waals surface area contributed by atoms with Gasteiger partial charge in [0.05, 0.1) is 30.9 Å². The van der Waals surface area contributed by atoms with Crippen LogP contribution in [0, 0.1) is 40.8 Å². The molecular formula is C34H25F11O4. The van der Waals surface area contributed by atoms with Crippen LogP contribution < -0.4 is 4.74 Å². The SMILES string of the molecule is CCCOCC1COC(c2ccc(-c3cc(F)c(C(F)(F)Oc4cc(F)c(-c5ccc(C(F)(F)F)c(F)c5)c(F)c4)c(F)c3)c(F)c2)OC1. The first kappa shape index (κ1) is 36.1. The van der Waals surface area contributed by atoms with E-state index >= 15 is 22.0 Å². The van der Waals surface area contributed by atoms with Gasteiger partial charge in [-0.2, -0.15) is 22.0 Å². The minimum absolute atomic E-state index is 0.0328. The molecule has 1 fully saturated rings. The summed E-state index contributed by atoms with van der Waals surface area (Å²) in [5, 5.41) is 0. The Kier molecular flexibility index (Phi) is 10.6. The van der Waals surface area contributed by atoms with Crippen molar-refractivity contribution in [3.63, 3.8) is 0 Å². The van der Waals surface area contributed by atoms with Gasteiger partial charge in [-0.15, -0.1) is 0 Å². The average molecular weight is 707 g/mol. The molecule has 1 aliphatic heterocycles. The van der Waals surface area contributed by atoms with Crippen molar-refractivity contribution in [1.82, 2.24) is 0 Å². The molecule has 0 spiro atoms. The highest BCUT2D eigenvalue weighted by atomic mass is 19.4. The van der Waals surface area contributed by atoms with E-state index in [9.17, 15) is 26.3 Å². The molecule has 0 aromatic heterocycles. The van der Waals surface area contributed by atoms with Crippen molar-refractivity contribution in [1.29, 1.82) is 0 Å². The molecule has 15 heteroatoms. The van der Waals surface area contributed by atoms with Crippen LogP contribution in [0.25, 0.3) is 22.3 Å². The van der Waals surface area contributed by atoms with Gasteiger partial charge in [0, 0.05) is 35.8 Å². The molecule has 0 radical (unpaired) electrons. The molecule has 0 aliphatic carbocycles. The Morgan fingerprint density at radius 3 is 1.86 bits per heavy atom. The second-order valence-electron chi connectivity index (χ2n) is 11.1. The van der Waals surface area contributed by atoms with E-state index in [1.165, 1.54) is 6.07 Å². The maximum atomic E-state index is 15.1. The van der Waals surface area contributed by atoms with Crippen LogP contribution in [0.1, 0.15) is 36.3 Å². The van der Waals surface area contributed by atoms with E-state index in [1.807, 2.05) is 6.92 Å². The lowest BCUT2D eigenvalue weighted by Gasteiger charge is -2.29. The summed E-state index contributed by atoms with van der Waals surface area (Å²) in [6.07, 6.45) is -10.1. The van der Waals surface area contributed by atoms with Crippen LogP contribution in [-0.4, -0.2) is 26.4 Å². The smallest absolute Gasteiger partial charge is 0.429 e.